The molecule has 1 nitrogen and oxygen atoms in total. The summed E-state index contributed by atoms with van der Waals surface area (Å²) in [7, 11) is 0. The third-order valence-electron chi connectivity index (χ3n) is 7.30. The van der Waals surface area contributed by atoms with Crippen molar-refractivity contribution in [2.75, 3.05) is 6.61 Å². The van der Waals surface area contributed by atoms with Gasteiger partial charge in [0.2, 0.25) is 0 Å². The number of allylic oxidation sites excluding steroid dienone is 2. The van der Waals surface area contributed by atoms with Crippen molar-refractivity contribution in [3.8, 4) is 0 Å². The molecule has 0 bridgehead atoms. The van der Waals surface area contributed by atoms with Gasteiger partial charge in [-0.1, -0.05) is 35.9 Å². The van der Waals surface area contributed by atoms with E-state index >= 15 is 0 Å². The normalized spacial score (nSPS) is 34.1. The fraction of sp³-hybridized carbons (Fsp3) is 0.667. The fourth-order valence-electron chi connectivity index (χ4n) is 5.50. The van der Waals surface area contributed by atoms with E-state index < -0.39 is 0 Å². The van der Waals surface area contributed by atoms with E-state index in [0.717, 1.165) is 41.7 Å². The molecule has 0 N–H and O–H groups in total. The van der Waals surface area contributed by atoms with Gasteiger partial charge < -0.3 is 4.74 Å². The minimum Gasteiger partial charge on any atom is -0.368 e. The van der Waals surface area contributed by atoms with E-state index in [1.54, 1.807) is 0 Å². The van der Waals surface area contributed by atoms with Crippen LogP contribution >= 0.6 is 11.6 Å². The second kappa shape index (κ2) is 8.66. The highest BCUT2D eigenvalue weighted by Crippen LogP contribution is 2.46. The predicted octanol–water partition coefficient (Wildman–Crippen LogP) is 7.60. The van der Waals surface area contributed by atoms with E-state index in [4.69, 9.17) is 16.3 Å². The zero-order chi connectivity index (χ0) is 18.8. The third kappa shape index (κ3) is 4.43. The van der Waals surface area contributed by atoms with Crippen molar-refractivity contribution in [3.05, 3.63) is 46.3 Å². The molecule has 3 aliphatic rings. The molecule has 1 atom stereocenters. The van der Waals surface area contributed by atoms with Crippen LogP contribution in [0.2, 0.25) is 5.02 Å². The number of benzene rings is 1. The summed E-state index contributed by atoms with van der Waals surface area (Å²) in [6.45, 7) is 2.79. The van der Waals surface area contributed by atoms with Crippen molar-refractivity contribution in [1.29, 1.82) is 0 Å². The highest BCUT2D eigenvalue weighted by atomic mass is 35.5. The van der Waals surface area contributed by atoms with E-state index in [2.05, 4.69) is 19.1 Å². The SMILES string of the molecule is C/C=C\CC1CCC(C2CCC(c3ccc(C4CO4)c(Cl)c3F)CC2)CC1. The lowest BCUT2D eigenvalue weighted by Crippen LogP contribution is -2.25. The number of epoxide rings is 1. The molecule has 3 fully saturated rings. The summed E-state index contributed by atoms with van der Waals surface area (Å²) in [4.78, 5) is 0. The molecule has 1 aliphatic heterocycles. The molecular formula is C24H32ClFO. The Morgan fingerprint density at radius 3 is 2.19 bits per heavy atom. The van der Waals surface area contributed by atoms with Gasteiger partial charge in [0.15, 0.2) is 0 Å². The van der Waals surface area contributed by atoms with Gasteiger partial charge in [-0.2, -0.15) is 0 Å². The van der Waals surface area contributed by atoms with Gasteiger partial charge in [0, 0.05) is 5.56 Å². The van der Waals surface area contributed by atoms with Gasteiger partial charge in [-0.25, -0.2) is 4.39 Å². The maximum Gasteiger partial charge on any atom is 0.145 e. The Balaban J connectivity index is 1.31. The second-order valence-electron chi connectivity index (χ2n) is 8.89. The van der Waals surface area contributed by atoms with Gasteiger partial charge >= 0.3 is 0 Å². The van der Waals surface area contributed by atoms with Crippen LogP contribution in [-0.2, 0) is 4.74 Å². The number of hydrogen-bond donors (Lipinski definition) is 0. The maximum atomic E-state index is 14.8. The van der Waals surface area contributed by atoms with Gasteiger partial charge in [-0.05, 0) is 93.9 Å². The van der Waals surface area contributed by atoms with E-state index in [1.165, 1.54) is 44.9 Å². The smallest absolute Gasteiger partial charge is 0.145 e. The molecule has 148 valence electrons. The highest BCUT2D eigenvalue weighted by molar-refractivity contribution is 6.31. The predicted molar refractivity (Wildman–Crippen MR) is 110 cm³/mol. The lowest BCUT2D eigenvalue weighted by Gasteiger charge is -2.38. The van der Waals surface area contributed by atoms with Crippen LogP contribution in [-0.4, -0.2) is 6.61 Å². The van der Waals surface area contributed by atoms with Crippen molar-refractivity contribution < 1.29 is 9.13 Å². The number of halogens is 2. The molecule has 4 rings (SSSR count). The van der Waals surface area contributed by atoms with Crippen molar-refractivity contribution in [3.63, 3.8) is 0 Å². The van der Waals surface area contributed by atoms with Crippen LogP contribution in [0.15, 0.2) is 24.3 Å². The average Bonchev–Trinajstić information content (AvgIpc) is 3.54. The minimum atomic E-state index is -0.197. The van der Waals surface area contributed by atoms with Crippen molar-refractivity contribution in [2.45, 2.75) is 76.7 Å². The molecule has 3 heteroatoms. The van der Waals surface area contributed by atoms with Gasteiger partial charge in [0.1, 0.15) is 11.9 Å². The van der Waals surface area contributed by atoms with Crippen LogP contribution in [0.4, 0.5) is 4.39 Å². The Labute approximate surface area is 168 Å². The summed E-state index contributed by atoms with van der Waals surface area (Å²) >= 11 is 6.29. The largest absolute Gasteiger partial charge is 0.368 e. The van der Waals surface area contributed by atoms with Crippen LogP contribution in [0.25, 0.3) is 0 Å². The van der Waals surface area contributed by atoms with Crippen LogP contribution in [0, 0.1) is 23.6 Å². The standard InChI is InChI=1S/C24H32ClFO/c1-2-3-4-16-5-7-17(8-6-16)18-9-11-19(12-10-18)20-13-14-21(22-15-27-22)23(25)24(20)26/h2-3,13-14,16-19,22H,4-12,15H2,1H3/b3-2-. The molecule has 0 radical (unpaired) electrons. The summed E-state index contributed by atoms with van der Waals surface area (Å²) in [6.07, 6.45) is 16.1. The lowest BCUT2D eigenvalue weighted by atomic mass is 9.68. The Morgan fingerprint density at radius 1 is 1.00 bits per heavy atom. The number of rotatable bonds is 5. The van der Waals surface area contributed by atoms with Crippen LogP contribution in [0.3, 0.4) is 0 Å². The van der Waals surface area contributed by atoms with Crippen LogP contribution in [0.1, 0.15) is 87.9 Å². The first kappa shape index (κ1) is 19.5. The van der Waals surface area contributed by atoms with Gasteiger partial charge in [0.25, 0.3) is 0 Å². The molecule has 0 spiro atoms. The highest BCUT2D eigenvalue weighted by Gasteiger charge is 2.33. The first-order chi connectivity index (χ1) is 13.2. The Bertz CT molecular complexity index is 665. The molecular weight excluding hydrogens is 359 g/mol. The zero-order valence-electron chi connectivity index (χ0n) is 16.4. The minimum absolute atomic E-state index is 0.0136. The Kier molecular flexibility index (Phi) is 6.24. The second-order valence-corrected chi connectivity index (χ2v) is 9.27. The molecule has 2 aliphatic carbocycles. The Hall–Kier alpha value is -0.860. The third-order valence-corrected chi connectivity index (χ3v) is 7.68. The summed E-state index contributed by atoms with van der Waals surface area (Å²) in [6, 6.07) is 3.95. The van der Waals surface area contributed by atoms with Crippen molar-refractivity contribution in [1.82, 2.24) is 0 Å². The first-order valence-corrected chi connectivity index (χ1v) is 11.3. The first-order valence-electron chi connectivity index (χ1n) is 10.9. The zero-order valence-corrected chi connectivity index (χ0v) is 17.2. The average molecular weight is 391 g/mol. The van der Waals surface area contributed by atoms with Crippen LogP contribution < -0.4 is 0 Å². The molecule has 0 aromatic heterocycles. The van der Waals surface area contributed by atoms with E-state index in [-0.39, 0.29) is 16.9 Å². The molecule has 27 heavy (non-hydrogen) atoms. The molecule has 1 saturated heterocycles. The van der Waals surface area contributed by atoms with E-state index in [0.29, 0.717) is 12.5 Å². The molecule has 1 aromatic rings. The van der Waals surface area contributed by atoms with Crippen LogP contribution in [0.5, 0.6) is 0 Å². The summed E-state index contributed by atoms with van der Waals surface area (Å²) in [5.41, 5.74) is 1.65. The summed E-state index contributed by atoms with van der Waals surface area (Å²) in [5, 5.41) is 0.288. The number of ether oxygens (including phenoxy) is 1. The topological polar surface area (TPSA) is 12.5 Å². The van der Waals surface area contributed by atoms with Crippen molar-refractivity contribution in [2.24, 2.45) is 17.8 Å². The molecule has 2 saturated carbocycles. The lowest BCUT2D eigenvalue weighted by molar-refractivity contribution is 0.160. The van der Waals surface area contributed by atoms with Gasteiger partial charge in [0.05, 0.1) is 11.6 Å². The van der Waals surface area contributed by atoms with E-state index in [9.17, 15) is 4.39 Å². The molecule has 1 aromatic carbocycles. The fourth-order valence-corrected chi connectivity index (χ4v) is 5.79. The molecule has 1 unspecified atom stereocenters. The van der Waals surface area contributed by atoms with Gasteiger partial charge in [-0.3, -0.25) is 0 Å². The quantitative estimate of drug-likeness (QED) is 0.372. The summed E-state index contributed by atoms with van der Waals surface area (Å²) < 4.78 is 20.1. The monoisotopic (exact) mass is 390 g/mol. The molecule has 0 amide bonds. The van der Waals surface area contributed by atoms with Gasteiger partial charge in [-0.15, -0.1) is 0 Å². The molecule has 1 heterocycles. The Morgan fingerprint density at radius 2 is 1.59 bits per heavy atom. The van der Waals surface area contributed by atoms with E-state index in [1.807, 2.05) is 12.1 Å². The number of hydrogen-bond acceptors (Lipinski definition) is 1. The maximum absolute atomic E-state index is 14.8. The summed E-state index contributed by atoms with van der Waals surface area (Å²) in [5.74, 6) is 2.78. The van der Waals surface area contributed by atoms with Crippen molar-refractivity contribution >= 4 is 11.6 Å².